The van der Waals surface area contributed by atoms with Crippen LogP contribution in [0.5, 0.6) is 0 Å². The third kappa shape index (κ3) is 3.01. The van der Waals surface area contributed by atoms with Gasteiger partial charge in [0.25, 0.3) is 0 Å². The van der Waals surface area contributed by atoms with E-state index in [2.05, 4.69) is 4.90 Å². The number of benzene rings is 1. The fraction of sp³-hybridized carbons (Fsp3) is 0.562. The quantitative estimate of drug-likeness (QED) is 0.898. The molecular formula is C16H22FNO2. The van der Waals surface area contributed by atoms with Crippen molar-refractivity contribution in [2.24, 2.45) is 0 Å². The Morgan fingerprint density at radius 3 is 2.35 bits per heavy atom. The highest BCUT2D eigenvalue weighted by Gasteiger charge is 2.39. The molecule has 0 saturated carbocycles. The maximum atomic E-state index is 13.2. The van der Waals surface area contributed by atoms with Crippen molar-refractivity contribution < 1.29 is 14.3 Å². The zero-order valence-electron chi connectivity index (χ0n) is 11.9. The lowest BCUT2D eigenvalue weighted by Gasteiger charge is -2.45. The number of nitrogens with zero attached hydrogens (tertiary/aromatic N) is 1. The summed E-state index contributed by atoms with van der Waals surface area (Å²) in [7, 11) is 0. The van der Waals surface area contributed by atoms with E-state index in [1.165, 1.54) is 18.6 Å². The molecule has 20 heavy (non-hydrogen) atoms. The molecule has 0 spiro atoms. The molecule has 1 atom stereocenters. The SMILES string of the molecule is CCC(CC(=O)O)(c1ccc(F)cc1)N1CCCCC1. The van der Waals surface area contributed by atoms with Gasteiger partial charge in [-0.2, -0.15) is 0 Å². The van der Waals surface area contributed by atoms with E-state index in [0.29, 0.717) is 6.42 Å². The fourth-order valence-corrected chi connectivity index (χ4v) is 3.28. The van der Waals surface area contributed by atoms with Crippen LogP contribution in [-0.2, 0) is 10.3 Å². The smallest absolute Gasteiger partial charge is 0.305 e. The minimum Gasteiger partial charge on any atom is -0.481 e. The zero-order chi connectivity index (χ0) is 14.6. The monoisotopic (exact) mass is 279 g/mol. The lowest BCUT2D eigenvalue weighted by atomic mass is 9.81. The van der Waals surface area contributed by atoms with E-state index >= 15 is 0 Å². The number of hydrogen-bond acceptors (Lipinski definition) is 2. The molecule has 1 saturated heterocycles. The molecule has 4 heteroatoms. The highest BCUT2D eigenvalue weighted by molar-refractivity contribution is 5.69. The van der Waals surface area contributed by atoms with Crippen LogP contribution in [0.1, 0.15) is 44.6 Å². The Hall–Kier alpha value is -1.42. The van der Waals surface area contributed by atoms with Gasteiger partial charge in [0.15, 0.2) is 0 Å². The second-order valence-electron chi connectivity index (χ2n) is 5.51. The topological polar surface area (TPSA) is 40.5 Å². The molecule has 0 amide bonds. The summed E-state index contributed by atoms with van der Waals surface area (Å²) in [6, 6.07) is 6.31. The molecule has 1 N–H and O–H groups in total. The van der Waals surface area contributed by atoms with E-state index in [-0.39, 0.29) is 12.2 Å². The number of piperidine rings is 1. The molecule has 0 bridgehead atoms. The van der Waals surface area contributed by atoms with E-state index in [1.807, 2.05) is 6.92 Å². The van der Waals surface area contributed by atoms with E-state index in [1.54, 1.807) is 12.1 Å². The van der Waals surface area contributed by atoms with Crippen molar-refractivity contribution in [1.82, 2.24) is 4.90 Å². The molecule has 110 valence electrons. The summed E-state index contributed by atoms with van der Waals surface area (Å²) in [5.41, 5.74) is 0.394. The van der Waals surface area contributed by atoms with Crippen molar-refractivity contribution in [2.75, 3.05) is 13.1 Å². The molecule has 1 aliphatic heterocycles. The van der Waals surface area contributed by atoms with Crippen molar-refractivity contribution >= 4 is 5.97 Å². The second-order valence-corrected chi connectivity index (χ2v) is 5.51. The van der Waals surface area contributed by atoms with Gasteiger partial charge in [0.1, 0.15) is 5.82 Å². The average molecular weight is 279 g/mol. The lowest BCUT2D eigenvalue weighted by molar-refractivity contribution is -0.141. The van der Waals surface area contributed by atoms with Crippen LogP contribution in [0.15, 0.2) is 24.3 Å². The van der Waals surface area contributed by atoms with Gasteiger partial charge in [-0.25, -0.2) is 4.39 Å². The maximum Gasteiger partial charge on any atom is 0.305 e. The number of likely N-dealkylation sites (tertiary alicyclic amines) is 1. The number of hydrogen-bond donors (Lipinski definition) is 1. The number of halogens is 1. The van der Waals surface area contributed by atoms with Gasteiger partial charge in [-0.1, -0.05) is 25.5 Å². The summed E-state index contributed by atoms with van der Waals surface area (Å²) >= 11 is 0. The zero-order valence-corrected chi connectivity index (χ0v) is 11.9. The fourth-order valence-electron chi connectivity index (χ4n) is 3.28. The maximum absolute atomic E-state index is 13.2. The molecule has 1 aromatic carbocycles. The predicted molar refractivity (Wildman–Crippen MR) is 76.0 cm³/mol. The van der Waals surface area contributed by atoms with Crippen LogP contribution >= 0.6 is 0 Å². The number of carboxylic acid groups (broad SMARTS) is 1. The molecule has 1 aliphatic rings. The van der Waals surface area contributed by atoms with Crippen LogP contribution in [0.25, 0.3) is 0 Å². The van der Waals surface area contributed by atoms with Gasteiger partial charge >= 0.3 is 5.97 Å². The van der Waals surface area contributed by atoms with Gasteiger partial charge in [-0.3, -0.25) is 9.69 Å². The van der Waals surface area contributed by atoms with Gasteiger partial charge in [0.2, 0.25) is 0 Å². The van der Waals surface area contributed by atoms with Crippen molar-refractivity contribution in [1.29, 1.82) is 0 Å². The molecule has 1 aromatic rings. The highest BCUT2D eigenvalue weighted by atomic mass is 19.1. The molecular weight excluding hydrogens is 257 g/mol. The molecule has 1 fully saturated rings. The van der Waals surface area contributed by atoms with Gasteiger partial charge in [0, 0.05) is 0 Å². The summed E-state index contributed by atoms with van der Waals surface area (Å²) in [5, 5.41) is 9.33. The summed E-state index contributed by atoms with van der Waals surface area (Å²) in [5.74, 6) is -1.09. The lowest BCUT2D eigenvalue weighted by Crippen LogP contribution is -2.49. The van der Waals surface area contributed by atoms with Gasteiger partial charge < -0.3 is 5.11 Å². The first kappa shape index (κ1) is 15.0. The first-order chi connectivity index (χ1) is 9.58. The Balaban J connectivity index is 2.39. The van der Waals surface area contributed by atoms with Crippen LogP contribution in [0.3, 0.4) is 0 Å². The first-order valence-corrected chi connectivity index (χ1v) is 7.31. The van der Waals surface area contributed by atoms with Gasteiger partial charge in [-0.15, -0.1) is 0 Å². The Kier molecular flexibility index (Phi) is 4.76. The number of rotatable bonds is 5. The number of carbonyl (C=O) groups is 1. The van der Waals surface area contributed by atoms with Crippen molar-refractivity contribution in [3.05, 3.63) is 35.6 Å². The second kappa shape index (κ2) is 6.35. The third-order valence-electron chi connectivity index (χ3n) is 4.37. The summed E-state index contributed by atoms with van der Waals surface area (Å²) in [4.78, 5) is 13.6. The van der Waals surface area contributed by atoms with Gasteiger partial charge in [0.05, 0.1) is 12.0 Å². The van der Waals surface area contributed by atoms with Crippen LogP contribution in [0.2, 0.25) is 0 Å². The van der Waals surface area contributed by atoms with E-state index < -0.39 is 11.5 Å². The Bertz CT molecular complexity index is 454. The van der Waals surface area contributed by atoms with Crippen LogP contribution in [0.4, 0.5) is 4.39 Å². The Morgan fingerprint density at radius 2 is 1.85 bits per heavy atom. The Morgan fingerprint density at radius 1 is 1.25 bits per heavy atom. The highest BCUT2D eigenvalue weighted by Crippen LogP contribution is 2.37. The number of carboxylic acids is 1. The predicted octanol–water partition coefficient (Wildman–Crippen LogP) is 3.39. The normalized spacial score (nSPS) is 19.5. The van der Waals surface area contributed by atoms with E-state index in [0.717, 1.165) is 31.5 Å². The third-order valence-corrected chi connectivity index (χ3v) is 4.37. The van der Waals surface area contributed by atoms with Crippen LogP contribution in [0, 0.1) is 5.82 Å². The molecule has 1 heterocycles. The van der Waals surface area contributed by atoms with Crippen molar-refractivity contribution in [3.63, 3.8) is 0 Å². The summed E-state index contributed by atoms with van der Waals surface area (Å²) < 4.78 is 13.2. The van der Waals surface area contributed by atoms with Crippen LogP contribution < -0.4 is 0 Å². The van der Waals surface area contributed by atoms with Crippen molar-refractivity contribution in [3.8, 4) is 0 Å². The molecule has 1 unspecified atom stereocenters. The minimum atomic E-state index is -0.804. The summed E-state index contributed by atoms with van der Waals surface area (Å²) in [6.07, 6.45) is 4.18. The Labute approximate surface area is 119 Å². The van der Waals surface area contributed by atoms with Crippen molar-refractivity contribution in [2.45, 2.75) is 44.6 Å². The average Bonchev–Trinajstić information content (AvgIpc) is 2.46. The molecule has 0 aliphatic carbocycles. The van der Waals surface area contributed by atoms with E-state index in [4.69, 9.17) is 0 Å². The summed E-state index contributed by atoms with van der Waals surface area (Å²) in [6.45, 7) is 3.85. The largest absolute Gasteiger partial charge is 0.481 e. The molecule has 3 nitrogen and oxygen atoms in total. The number of aliphatic carboxylic acids is 1. The van der Waals surface area contributed by atoms with Crippen LogP contribution in [-0.4, -0.2) is 29.1 Å². The minimum absolute atomic E-state index is 0.0646. The molecule has 2 rings (SSSR count). The van der Waals surface area contributed by atoms with E-state index in [9.17, 15) is 14.3 Å². The first-order valence-electron chi connectivity index (χ1n) is 7.31. The molecule has 0 radical (unpaired) electrons. The standard InChI is InChI=1S/C16H22FNO2/c1-2-16(12-15(19)20,18-10-4-3-5-11-18)13-6-8-14(17)9-7-13/h6-9H,2-5,10-12H2,1H3,(H,19,20). The van der Waals surface area contributed by atoms with Gasteiger partial charge in [-0.05, 0) is 50.0 Å². The molecule has 0 aromatic heterocycles.